The fraction of sp³-hybridized carbons (Fsp3) is 0.188. The molecule has 0 fully saturated rings. The number of rotatable bonds is 6. The Morgan fingerprint density at radius 2 is 1.83 bits per heavy atom. The number of ether oxygens (including phenoxy) is 2. The van der Waals surface area contributed by atoms with E-state index in [1.165, 1.54) is 6.07 Å². The predicted octanol–water partition coefficient (Wildman–Crippen LogP) is 3.62. The summed E-state index contributed by atoms with van der Waals surface area (Å²) in [5.74, 6) is 0.710. The number of anilines is 1. The van der Waals surface area contributed by atoms with E-state index in [1.807, 2.05) is 0 Å². The Labute approximate surface area is 132 Å². The number of benzene rings is 2. The summed E-state index contributed by atoms with van der Waals surface area (Å²) in [6.45, 7) is -2.85. The number of carbonyl (C=O) groups is 1. The largest absolute Gasteiger partial charge is 0.497 e. The van der Waals surface area contributed by atoms with Gasteiger partial charge in [-0.3, -0.25) is 0 Å². The number of carbonyl (C=O) groups excluding carboxylic acids is 1. The fourth-order valence-electron chi connectivity index (χ4n) is 1.89. The van der Waals surface area contributed by atoms with Crippen LogP contribution in [0, 0.1) is 0 Å². The lowest BCUT2D eigenvalue weighted by Gasteiger charge is -2.12. The fourth-order valence-corrected chi connectivity index (χ4v) is 1.89. The van der Waals surface area contributed by atoms with Gasteiger partial charge in [0.25, 0.3) is 0 Å². The van der Waals surface area contributed by atoms with Gasteiger partial charge in [0.2, 0.25) is 0 Å². The molecule has 0 aliphatic rings. The van der Waals surface area contributed by atoms with Gasteiger partial charge in [-0.15, -0.1) is 0 Å². The molecule has 7 heteroatoms. The second-order valence-corrected chi connectivity index (χ2v) is 4.52. The van der Waals surface area contributed by atoms with Crippen LogP contribution >= 0.6 is 0 Å². The van der Waals surface area contributed by atoms with Crippen LogP contribution in [0.2, 0.25) is 0 Å². The molecule has 0 radical (unpaired) electrons. The minimum Gasteiger partial charge on any atom is -0.497 e. The van der Waals surface area contributed by atoms with Gasteiger partial charge in [-0.2, -0.15) is 8.78 Å². The lowest BCUT2D eigenvalue weighted by molar-refractivity contribution is -0.0504. The van der Waals surface area contributed by atoms with Crippen LogP contribution in [0.5, 0.6) is 11.5 Å². The summed E-state index contributed by atoms with van der Waals surface area (Å²) in [6.07, 6.45) is 0. The van der Waals surface area contributed by atoms with Gasteiger partial charge in [-0.05, 0) is 30.3 Å². The Bertz CT molecular complexity index is 648. The molecule has 0 saturated heterocycles. The van der Waals surface area contributed by atoms with E-state index in [0.717, 1.165) is 0 Å². The summed E-state index contributed by atoms with van der Waals surface area (Å²) in [5.41, 5.74) is 1.04. The van der Waals surface area contributed by atoms with E-state index in [1.54, 1.807) is 49.6 Å². The average molecular weight is 322 g/mol. The third kappa shape index (κ3) is 5.14. The van der Waals surface area contributed by atoms with Crippen LogP contribution in [0.4, 0.5) is 19.3 Å². The number of urea groups is 1. The zero-order valence-electron chi connectivity index (χ0n) is 12.4. The maximum Gasteiger partial charge on any atom is 0.387 e. The number of hydrogen-bond donors (Lipinski definition) is 2. The minimum absolute atomic E-state index is 0.0345. The number of para-hydroxylation sites is 1. The predicted molar refractivity (Wildman–Crippen MR) is 81.9 cm³/mol. The number of halogens is 2. The Balaban J connectivity index is 1.91. The number of nitrogens with one attached hydrogen (secondary N) is 2. The first-order valence-electron chi connectivity index (χ1n) is 6.80. The third-order valence-corrected chi connectivity index (χ3v) is 2.98. The number of alkyl halides is 2. The van der Waals surface area contributed by atoms with Crippen LogP contribution in [0.25, 0.3) is 0 Å². The van der Waals surface area contributed by atoms with Gasteiger partial charge in [0.1, 0.15) is 11.5 Å². The lowest BCUT2D eigenvalue weighted by Crippen LogP contribution is -2.28. The highest BCUT2D eigenvalue weighted by molar-refractivity contribution is 5.89. The third-order valence-electron chi connectivity index (χ3n) is 2.98. The first-order chi connectivity index (χ1) is 11.1. The van der Waals surface area contributed by atoms with Gasteiger partial charge < -0.3 is 20.1 Å². The Kier molecular flexibility index (Phi) is 5.74. The van der Waals surface area contributed by atoms with Gasteiger partial charge >= 0.3 is 12.6 Å². The van der Waals surface area contributed by atoms with Crippen molar-refractivity contribution in [1.82, 2.24) is 5.32 Å². The highest BCUT2D eigenvalue weighted by atomic mass is 19.3. The van der Waals surface area contributed by atoms with Crippen LogP contribution in [-0.2, 0) is 6.54 Å². The molecule has 0 spiro atoms. The first kappa shape index (κ1) is 16.5. The number of methoxy groups -OCH3 is 1. The van der Waals surface area contributed by atoms with Crippen molar-refractivity contribution in [2.24, 2.45) is 0 Å². The van der Waals surface area contributed by atoms with E-state index < -0.39 is 12.6 Å². The molecule has 0 aliphatic heterocycles. The van der Waals surface area contributed by atoms with E-state index in [0.29, 0.717) is 17.0 Å². The smallest absolute Gasteiger partial charge is 0.387 e. The molecule has 0 unspecified atom stereocenters. The molecule has 2 amide bonds. The molecular weight excluding hydrogens is 306 g/mol. The second-order valence-electron chi connectivity index (χ2n) is 4.52. The topological polar surface area (TPSA) is 59.6 Å². The summed E-state index contributed by atoms with van der Waals surface area (Å²) in [7, 11) is 1.55. The van der Waals surface area contributed by atoms with Crippen molar-refractivity contribution < 1.29 is 23.0 Å². The molecule has 0 heterocycles. The van der Waals surface area contributed by atoms with E-state index in [2.05, 4.69) is 15.4 Å². The monoisotopic (exact) mass is 322 g/mol. The van der Waals surface area contributed by atoms with Crippen molar-refractivity contribution in [3.05, 3.63) is 54.1 Å². The summed E-state index contributed by atoms with van der Waals surface area (Å²) >= 11 is 0. The molecular formula is C16H16F2N2O3. The van der Waals surface area contributed by atoms with Gasteiger partial charge in [-0.1, -0.05) is 18.2 Å². The molecule has 0 bridgehead atoms. The van der Waals surface area contributed by atoms with Crippen molar-refractivity contribution in [2.75, 3.05) is 12.4 Å². The maximum absolute atomic E-state index is 12.3. The average Bonchev–Trinajstić information content (AvgIpc) is 2.54. The van der Waals surface area contributed by atoms with Crippen molar-refractivity contribution in [3.63, 3.8) is 0 Å². The molecule has 122 valence electrons. The van der Waals surface area contributed by atoms with Gasteiger partial charge in [0.05, 0.1) is 7.11 Å². The van der Waals surface area contributed by atoms with Crippen LogP contribution in [-0.4, -0.2) is 19.8 Å². The van der Waals surface area contributed by atoms with E-state index >= 15 is 0 Å². The summed E-state index contributed by atoms with van der Waals surface area (Å²) in [6, 6.07) is 12.6. The van der Waals surface area contributed by atoms with Gasteiger partial charge in [0.15, 0.2) is 0 Å². The Hall–Kier alpha value is -2.83. The zero-order chi connectivity index (χ0) is 16.7. The Morgan fingerprint density at radius 3 is 2.48 bits per heavy atom. The minimum atomic E-state index is -2.91. The maximum atomic E-state index is 12.3. The normalized spacial score (nSPS) is 10.3. The number of hydrogen-bond acceptors (Lipinski definition) is 3. The lowest BCUT2D eigenvalue weighted by atomic mass is 10.2. The SMILES string of the molecule is COc1ccc(NC(=O)NCc2ccccc2OC(F)F)cc1. The van der Waals surface area contributed by atoms with Crippen LogP contribution in [0.1, 0.15) is 5.56 Å². The molecule has 0 aromatic heterocycles. The van der Waals surface area contributed by atoms with Crippen LogP contribution < -0.4 is 20.1 Å². The highest BCUT2D eigenvalue weighted by Crippen LogP contribution is 2.20. The molecule has 0 saturated carbocycles. The van der Waals surface area contributed by atoms with Crippen LogP contribution in [0.3, 0.4) is 0 Å². The van der Waals surface area contributed by atoms with Crippen molar-refractivity contribution >= 4 is 11.7 Å². The van der Waals surface area contributed by atoms with E-state index in [-0.39, 0.29) is 12.3 Å². The van der Waals surface area contributed by atoms with Crippen molar-refractivity contribution in [2.45, 2.75) is 13.2 Å². The first-order valence-corrected chi connectivity index (χ1v) is 6.80. The van der Waals surface area contributed by atoms with Gasteiger partial charge in [0, 0.05) is 17.8 Å². The van der Waals surface area contributed by atoms with E-state index in [4.69, 9.17) is 4.74 Å². The molecule has 5 nitrogen and oxygen atoms in total. The summed E-state index contributed by atoms with van der Waals surface area (Å²) < 4.78 is 34.1. The molecule has 0 atom stereocenters. The summed E-state index contributed by atoms with van der Waals surface area (Å²) in [4.78, 5) is 11.8. The highest BCUT2D eigenvalue weighted by Gasteiger charge is 2.10. The van der Waals surface area contributed by atoms with Crippen molar-refractivity contribution in [1.29, 1.82) is 0 Å². The van der Waals surface area contributed by atoms with E-state index in [9.17, 15) is 13.6 Å². The molecule has 2 rings (SSSR count). The van der Waals surface area contributed by atoms with Crippen LogP contribution in [0.15, 0.2) is 48.5 Å². The second kappa shape index (κ2) is 7.98. The Morgan fingerprint density at radius 1 is 1.13 bits per heavy atom. The molecule has 2 aromatic carbocycles. The molecule has 23 heavy (non-hydrogen) atoms. The van der Waals surface area contributed by atoms with Crippen molar-refractivity contribution in [3.8, 4) is 11.5 Å². The standard InChI is InChI=1S/C16H16F2N2O3/c1-22-13-8-6-12(7-9-13)20-16(21)19-10-11-4-2-3-5-14(11)23-15(17)18/h2-9,15H,10H2,1H3,(H2,19,20,21). The summed E-state index contributed by atoms with van der Waals surface area (Å²) in [5, 5.41) is 5.21. The quantitative estimate of drug-likeness (QED) is 0.854. The number of amides is 2. The molecule has 2 N–H and O–H groups in total. The molecule has 2 aromatic rings. The molecule has 0 aliphatic carbocycles. The zero-order valence-corrected chi connectivity index (χ0v) is 12.4. The van der Waals surface area contributed by atoms with Gasteiger partial charge in [-0.25, -0.2) is 4.79 Å².